The van der Waals surface area contributed by atoms with Crippen LogP contribution in [0.5, 0.6) is 0 Å². The Balaban J connectivity index is 3.13. The van der Waals surface area contributed by atoms with Crippen LogP contribution in [0.25, 0.3) is 0 Å². The maximum absolute atomic E-state index is 12.3. The van der Waals surface area contributed by atoms with Gasteiger partial charge in [0.1, 0.15) is 6.10 Å². The summed E-state index contributed by atoms with van der Waals surface area (Å²) in [6.07, 6.45) is -1.95. The lowest BCUT2D eigenvalue weighted by Gasteiger charge is -2.46. The molecule has 1 heterocycles. The zero-order valence-corrected chi connectivity index (χ0v) is 15.3. The highest BCUT2D eigenvalue weighted by molar-refractivity contribution is 5.76. The molecule has 1 saturated heterocycles. The summed E-state index contributed by atoms with van der Waals surface area (Å²) in [7, 11) is 0. The maximum atomic E-state index is 12.3. The summed E-state index contributed by atoms with van der Waals surface area (Å²) in [6, 6.07) is -0.573. The van der Waals surface area contributed by atoms with Crippen molar-refractivity contribution in [3.63, 3.8) is 0 Å². The van der Waals surface area contributed by atoms with Crippen molar-refractivity contribution in [2.24, 2.45) is 11.3 Å². The summed E-state index contributed by atoms with van der Waals surface area (Å²) in [5, 5.41) is 13.4. The van der Waals surface area contributed by atoms with Crippen molar-refractivity contribution in [1.29, 1.82) is 0 Å². The summed E-state index contributed by atoms with van der Waals surface area (Å²) in [4.78, 5) is 23.9. The summed E-state index contributed by atoms with van der Waals surface area (Å²) < 4.78 is 11.6. The average molecular weight is 329 g/mol. The first-order chi connectivity index (χ1) is 10.5. The molecule has 0 spiro atoms. The van der Waals surface area contributed by atoms with Gasteiger partial charge in [-0.2, -0.15) is 0 Å². The Kier molecular flexibility index (Phi) is 6.59. The zero-order valence-electron chi connectivity index (χ0n) is 15.3. The number of hydrogen-bond acceptors (Lipinski definition) is 5. The first kappa shape index (κ1) is 19.9. The van der Waals surface area contributed by atoms with Crippen LogP contribution in [0.2, 0.25) is 0 Å². The number of esters is 1. The third kappa shape index (κ3) is 4.91. The molecule has 1 rings (SSSR count). The van der Waals surface area contributed by atoms with Crippen LogP contribution in [0.15, 0.2) is 0 Å². The Morgan fingerprint density at radius 3 is 2.26 bits per heavy atom. The maximum Gasteiger partial charge on any atom is 0.311 e. The van der Waals surface area contributed by atoms with Crippen LogP contribution in [0.3, 0.4) is 0 Å². The molecule has 0 aromatic carbocycles. The highest BCUT2D eigenvalue weighted by Crippen LogP contribution is 2.30. The van der Waals surface area contributed by atoms with Crippen molar-refractivity contribution in [2.75, 3.05) is 0 Å². The Labute approximate surface area is 138 Å². The largest absolute Gasteiger partial charge is 0.457 e. The first-order valence-electron chi connectivity index (χ1n) is 8.30. The van der Waals surface area contributed by atoms with E-state index in [-0.39, 0.29) is 17.9 Å². The van der Waals surface area contributed by atoms with Gasteiger partial charge in [0.05, 0.1) is 23.7 Å². The summed E-state index contributed by atoms with van der Waals surface area (Å²) in [5.41, 5.74) is -0.687. The molecular weight excluding hydrogens is 298 g/mol. The van der Waals surface area contributed by atoms with Crippen LogP contribution in [0, 0.1) is 11.3 Å². The van der Waals surface area contributed by atoms with Crippen molar-refractivity contribution in [3.8, 4) is 0 Å². The van der Waals surface area contributed by atoms with Crippen molar-refractivity contribution < 1.29 is 24.2 Å². The van der Waals surface area contributed by atoms with Crippen molar-refractivity contribution in [2.45, 2.75) is 85.3 Å². The van der Waals surface area contributed by atoms with E-state index in [4.69, 9.17) is 9.47 Å². The molecule has 5 atom stereocenters. The van der Waals surface area contributed by atoms with E-state index < -0.39 is 35.7 Å². The number of amides is 1. The van der Waals surface area contributed by atoms with Gasteiger partial charge in [-0.05, 0) is 33.1 Å². The fourth-order valence-corrected chi connectivity index (χ4v) is 2.73. The molecule has 1 aliphatic heterocycles. The third-order valence-corrected chi connectivity index (χ3v) is 4.04. The molecular formula is C17H31NO5. The van der Waals surface area contributed by atoms with Crippen molar-refractivity contribution in [3.05, 3.63) is 0 Å². The minimum atomic E-state index is -0.974. The zero-order chi connectivity index (χ0) is 17.9. The van der Waals surface area contributed by atoms with Crippen LogP contribution in [-0.2, 0) is 19.1 Å². The van der Waals surface area contributed by atoms with Gasteiger partial charge in [-0.25, -0.2) is 0 Å². The number of ether oxygens (including phenoxy) is 2. The lowest BCUT2D eigenvalue weighted by molar-refractivity contribution is -0.215. The first-order valence-corrected chi connectivity index (χ1v) is 8.30. The fourth-order valence-electron chi connectivity index (χ4n) is 2.73. The van der Waals surface area contributed by atoms with Gasteiger partial charge in [0.25, 0.3) is 0 Å². The van der Waals surface area contributed by atoms with Crippen LogP contribution < -0.4 is 5.32 Å². The molecule has 0 aromatic rings. The van der Waals surface area contributed by atoms with Crippen molar-refractivity contribution >= 4 is 11.9 Å². The number of hydrogen-bond donors (Lipinski definition) is 2. The summed E-state index contributed by atoms with van der Waals surface area (Å²) in [5.74, 6) is -0.552. The molecule has 6 nitrogen and oxygen atoms in total. The van der Waals surface area contributed by atoms with Gasteiger partial charge in [-0.1, -0.05) is 20.8 Å². The van der Waals surface area contributed by atoms with Gasteiger partial charge in [0.15, 0.2) is 6.10 Å². The molecule has 134 valence electrons. The molecule has 1 aliphatic rings. The molecule has 0 aliphatic carbocycles. The number of aliphatic hydroxyl groups excluding tert-OH is 1. The Morgan fingerprint density at radius 1 is 1.30 bits per heavy atom. The van der Waals surface area contributed by atoms with E-state index in [1.165, 1.54) is 6.92 Å². The number of rotatable bonds is 4. The standard InChI is InChI=1S/C17H31NO5/c1-8-11-13(20)15(23-16(21)17(5,6)7)12(18-10(4)19)14(22-11)9(2)3/h9,11-15,20H,8H2,1-7H3,(H,18,19)/t11?,12?,13-,14-,15-/m0/s1. The third-order valence-electron chi connectivity index (χ3n) is 4.04. The Morgan fingerprint density at radius 2 is 1.87 bits per heavy atom. The van der Waals surface area contributed by atoms with E-state index >= 15 is 0 Å². The molecule has 6 heteroatoms. The highest BCUT2D eigenvalue weighted by Gasteiger charge is 2.48. The molecule has 1 amide bonds. The monoisotopic (exact) mass is 329 g/mol. The Hall–Kier alpha value is -1.14. The van der Waals surface area contributed by atoms with Gasteiger partial charge in [0, 0.05) is 6.92 Å². The second-order valence-electron chi connectivity index (χ2n) is 7.63. The molecule has 2 unspecified atom stereocenters. The lowest BCUT2D eigenvalue weighted by atomic mass is 9.86. The molecule has 23 heavy (non-hydrogen) atoms. The highest BCUT2D eigenvalue weighted by atomic mass is 16.6. The SMILES string of the molecule is CCC1O[C@@H](C(C)C)C(NC(C)=O)[C@H](OC(=O)C(C)(C)C)[C@H]1O. The summed E-state index contributed by atoms with van der Waals surface area (Å²) in [6.45, 7) is 12.5. The van der Waals surface area contributed by atoms with Crippen molar-refractivity contribution in [1.82, 2.24) is 5.32 Å². The fraction of sp³-hybridized carbons (Fsp3) is 0.882. The van der Waals surface area contributed by atoms with Crippen LogP contribution >= 0.6 is 0 Å². The lowest BCUT2D eigenvalue weighted by Crippen LogP contribution is -2.65. The normalized spacial score (nSPS) is 31.8. The molecule has 0 saturated carbocycles. The number of nitrogens with one attached hydrogen (secondary N) is 1. The predicted molar refractivity (Wildman–Crippen MR) is 86.7 cm³/mol. The van der Waals surface area contributed by atoms with E-state index in [9.17, 15) is 14.7 Å². The van der Waals surface area contributed by atoms with E-state index in [0.29, 0.717) is 6.42 Å². The number of carbonyl (C=O) groups excluding carboxylic acids is 2. The minimum Gasteiger partial charge on any atom is -0.457 e. The number of aliphatic hydroxyl groups is 1. The van der Waals surface area contributed by atoms with E-state index in [1.807, 2.05) is 20.8 Å². The molecule has 0 radical (unpaired) electrons. The Bertz CT molecular complexity index is 429. The van der Waals surface area contributed by atoms with Gasteiger partial charge < -0.3 is 19.9 Å². The average Bonchev–Trinajstić information content (AvgIpc) is 2.40. The topological polar surface area (TPSA) is 84.9 Å². The van der Waals surface area contributed by atoms with E-state index in [0.717, 1.165) is 0 Å². The summed E-state index contributed by atoms with van der Waals surface area (Å²) >= 11 is 0. The van der Waals surface area contributed by atoms with Gasteiger partial charge in [-0.3, -0.25) is 9.59 Å². The molecule has 0 aromatic heterocycles. The van der Waals surface area contributed by atoms with E-state index in [2.05, 4.69) is 5.32 Å². The molecule has 1 fully saturated rings. The second-order valence-corrected chi connectivity index (χ2v) is 7.63. The van der Waals surface area contributed by atoms with Crippen LogP contribution in [-0.4, -0.2) is 47.4 Å². The number of carbonyl (C=O) groups is 2. The van der Waals surface area contributed by atoms with Gasteiger partial charge in [-0.15, -0.1) is 0 Å². The van der Waals surface area contributed by atoms with Crippen LogP contribution in [0.4, 0.5) is 0 Å². The van der Waals surface area contributed by atoms with Gasteiger partial charge >= 0.3 is 5.97 Å². The molecule has 2 N–H and O–H groups in total. The quantitative estimate of drug-likeness (QED) is 0.766. The smallest absolute Gasteiger partial charge is 0.311 e. The molecule has 0 bridgehead atoms. The predicted octanol–water partition coefficient (Wildman–Crippen LogP) is 1.64. The van der Waals surface area contributed by atoms with Crippen LogP contribution in [0.1, 0.15) is 54.9 Å². The minimum absolute atomic E-state index is 0.101. The van der Waals surface area contributed by atoms with E-state index in [1.54, 1.807) is 20.8 Å². The van der Waals surface area contributed by atoms with Gasteiger partial charge in [0.2, 0.25) is 5.91 Å². The second kappa shape index (κ2) is 7.62.